The number of carbonyl (C=O) groups excluding carboxylic acids is 1. The van der Waals surface area contributed by atoms with Gasteiger partial charge in [0.1, 0.15) is 11.5 Å². The number of halogens is 1. The standard InChI is InChI=1S/C22H22FN5O/c23-17-4-6-19(7-5-17)27-11-13-28(14-12-27)20-8-10-25-21(15-20)22(29)26-16-18-3-1-2-9-24-18/h1-10,15H,11-14,16H2,(H,26,29). The van der Waals surface area contributed by atoms with Crippen LogP contribution < -0.4 is 15.1 Å². The molecule has 0 atom stereocenters. The lowest BCUT2D eigenvalue weighted by molar-refractivity contribution is 0.0945. The molecule has 1 amide bonds. The molecule has 0 aliphatic carbocycles. The summed E-state index contributed by atoms with van der Waals surface area (Å²) in [6.45, 7) is 3.65. The number of piperazine rings is 1. The number of anilines is 2. The fourth-order valence-electron chi connectivity index (χ4n) is 3.38. The molecular formula is C22H22FN5O. The van der Waals surface area contributed by atoms with E-state index in [0.29, 0.717) is 12.2 Å². The van der Waals surface area contributed by atoms with E-state index in [4.69, 9.17) is 0 Å². The molecule has 1 aliphatic heterocycles. The van der Waals surface area contributed by atoms with E-state index in [1.165, 1.54) is 12.1 Å². The van der Waals surface area contributed by atoms with Crippen molar-refractivity contribution in [3.63, 3.8) is 0 Å². The van der Waals surface area contributed by atoms with E-state index in [9.17, 15) is 9.18 Å². The fourth-order valence-corrected chi connectivity index (χ4v) is 3.38. The minimum atomic E-state index is -0.224. The summed E-state index contributed by atoms with van der Waals surface area (Å²) >= 11 is 0. The van der Waals surface area contributed by atoms with Gasteiger partial charge in [-0.2, -0.15) is 0 Å². The highest BCUT2D eigenvalue weighted by Crippen LogP contribution is 2.21. The summed E-state index contributed by atoms with van der Waals surface area (Å²) in [4.78, 5) is 25.3. The van der Waals surface area contributed by atoms with Crippen LogP contribution in [0.25, 0.3) is 0 Å². The van der Waals surface area contributed by atoms with Crippen molar-refractivity contribution in [1.29, 1.82) is 0 Å². The van der Waals surface area contributed by atoms with Gasteiger partial charge in [0.25, 0.3) is 5.91 Å². The monoisotopic (exact) mass is 391 g/mol. The van der Waals surface area contributed by atoms with Crippen molar-refractivity contribution in [3.8, 4) is 0 Å². The topological polar surface area (TPSA) is 61.4 Å². The van der Waals surface area contributed by atoms with E-state index in [-0.39, 0.29) is 11.7 Å². The summed E-state index contributed by atoms with van der Waals surface area (Å²) in [5, 5.41) is 2.86. The lowest BCUT2D eigenvalue weighted by atomic mass is 10.2. The Balaban J connectivity index is 1.36. The second kappa shape index (κ2) is 8.68. The molecule has 1 aromatic carbocycles. The predicted molar refractivity (Wildman–Crippen MR) is 110 cm³/mol. The van der Waals surface area contributed by atoms with E-state index in [2.05, 4.69) is 25.1 Å². The van der Waals surface area contributed by atoms with Gasteiger partial charge < -0.3 is 15.1 Å². The number of pyridine rings is 2. The van der Waals surface area contributed by atoms with Crippen molar-refractivity contribution in [2.24, 2.45) is 0 Å². The first-order valence-electron chi connectivity index (χ1n) is 9.59. The van der Waals surface area contributed by atoms with Crippen LogP contribution in [0.2, 0.25) is 0 Å². The number of carbonyl (C=O) groups is 1. The molecule has 0 radical (unpaired) electrons. The summed E-state index contributed by atoms with van der Waals surface area (Å²) < 4.78 is 13.1. The molecule has 3 heterocycles. The Hall–Kier alpha value is -3.48. The molecule has 4 rings (SSSR count). The van der Waals surface area contributed by atoms with Crippen LogP contribution >= 0.6 is 0 Å². The summed E-state index contributed by atoms with van der Waals surface area (Å²) in [5.41, 5.74) is 3.19. The molecular weight excluding hydrogens is 369 g/mol. The summed E-state index contributed by atoms with van der Waals surface area (Å²) in [5.74, 6) is -0.444. The van der Waals surface area contributed by atoms with Crippen LogP contribution in [-0.2, 0) is 6.54 Å². The van der Waals surface area contributed by atoms with Gasteiger partial charge in [-0.05, 0) is 48.5 Å². The number of hydrogen-bond acceptors (Lipinski definition) is 5. The maximum absolute atomic E-state index is 13.1. The second-order valence-corrected chi connectivity index (χ2v) is 6.85. The molecule has 29 heavy (non-hydrogen) atoms. The van der Waals surface area contributed by atoms with Gasteiger partial charge in [-0.25, -0.2) is 4.39 Å². The predicted octanol–water partition coefficient (Wildman–Crippen LogP) is 2.87. The third kappa shape index (κ3) is 4.68. The van der Waals surface area contributed by atoms with Crippen LogP contribution in [0.15, 0.2) is 67.0 Å². The minimum absolute atomic E-state index is 0.220. The van der Waals surface area contributed by atoms with E-state index in [1.807, 2.05) is 42.5 Å². The molecule has 0 spiro atoms. The van der Waals surface area contributed by atoms with Crippen molar-refractivity contribution >= 4 is 17.3 Å². The maximum atomic E-state index is 13.1. The number of amides is 1. The number of nitrogens with zero attached hydrogens (tertiary/aromatic N) is 4. The van der Waals surface area contributed by atoms with Crippen molar-refractivity contribution in [2.45, 2.75) is 6.54 Å². The first-order chi connectivity index (χ1) is 14.2. The van der Waals surface area contributed by atoms with Crippen molar-refractivity contribution in [1.82, 2.24) is 15.3 Å². The van der Waals surface area contributed by atoms with Gasteiger partial charge in [0.15, 0.2) is 0 Å². The summed E-state index contributed by atoms with van der Waals surface area (Å²) in [7, 11) is 0. The molecule has 3 aromatic rings. The first-order valence-corrected chi connectivity index (χ1v) is 9.59. The number of benzene rings is 1. The van der Waals surface area contributed by atoms with Crippen molar-refractivity contribution in [2.75, 3.05) is 36.0 Å². The SMILES string of the molecule is O=C(NCc1ccccn1)c1cc(N2CCN(c3ccc(F)cc3)CC2)ccn1. The van der Waals surface area contributed by atoms with Gasteiger partial charge in [-0.1, -0.05) is 6.07 Å². The van der Waals surface area contributed by atoms with E-state index < -0.39 is 0 Å². The number of aromatic nitrogens is 2. The molecule has 0 bridgehead atoms. The Labute approximate surface area is 169 Å². The Kier molecular flexibility index (Phi) is 5.65. The quantitative estimate of drug-likeness (QED) is 0.725. The Morgan fingerprint density at radius 1 is 0.897 bits per heavy atom. The fraction of sp³-hybridized carbons (Fsp3) is 0.227. The van der Waals surface area contributed by atoms with Gasteiger partial charge >= 0.3 is 0 Å². The third-order valence-corrected chi connectivity index (χ3v) is 4.97. The van der Waals surface area contributed by atoms with Crippen molar-refractivity contribution < 1.29 is 9.18 Å². The van der Waals surface area contributed by atoms with Gasteiger partial charge in [0.2, 0.25) is 0 Å². The normalized spacial score (nSPS) is 14.0. The van der Waals surface area contributed by atoms with Crippen LogP contribution in [0.3, 0.4) is 0 Å². The first kappa shape index (κ1) is 18.9. The molecule has 7 heteroatoms. The average Bonchev–Trinajstić information content (AvgIpc) is 2.79. The third-order valence-electron chi connectivity index (χ3n) is 4.97. The van der Waals surface area contributed by atoms with E-state index >= 15 is 0 Å². The molecule has 0 unspecified atom stereocenters. The van der Waals surface area contributed by atoms with E-state index in [0.717, 1.165) is 43.2 Å². The summed E-state index contributed by atoms with van der Waals surface area (Å²) in [6, 6.07) is 15.9. The maximum Gasteiger partial charge on any atom is 0.270 e. The average molecular weight is 391 g/mol. The zero-order valence-electron chi connectivity index (χ0n) is 16.0. The van der Waals surface area contributed by atoms with Gasteiger partial charge in [-0.15, -0.1) is 0 Å². The lowest BCUT2D eigenvalue weighted by Gasteiger charge is -2.37. The Bertz CT molecular complexity index is 956. The van der Waals surface area contributed by atoms with Gasteiger partial charge in [-0.3, -0.25) is 14.8 Å². The van der Waals surface area contributed by atoms with Crippen LogP contribution in [-0.4, -0.2) is 42.1 Å². The second-order valence-electron chi connectivity index (χ2n) is 6.85. The smallest absolute Gasteiger partial charge is 0.270 e. The van der Waals surface area contributed by atoms with E-state index in [1.54, 1.807) is 12.4 Å². The highest BCUT2D eigenvalue weighted by molar-refractivity contribution is 5.93. The number of nitrogens with one attached hydrogen (secondary N) is 1. The van der Waals surface area contributed by atoms with Crippen LogP contribution in [0.5, 0.6) is 0 Å². The largest absolute Gasteiger partial charge is 0.368 e. The zero-order valence-corrected chi connectivity index (χ0v) is 16.0. The van der Waals surface area contributed by atoms with Gasteiger partial charge in [0.05, 0.1) is 12.2 Å². The Morgan fingerprint density at radius 3 is 2.31 bits per heavy atom. The molecule has 1 N–H and O–H groups in total. The number of rotatable bonds is 5. The molecule has 2 aromatic heterocycles. The molecule has 1 fully saturated rings. The van der Waals surface area contributed by atoms with Crippen LogP contribution in [0.1, 0.15) is 16.2 Å². The highest BCUT2D eigenvalue weighted by atomic mass is 19.1. The zero-order chi connectivity index (χ0) is 20.1. The molecule has 1 aliphatic rings. The minimum Gasteiger partial charge on any atom is -0.368 e. The van der Waals surface area contributed by atoms with Crippen molar-refractivity contribution in [3.05, 3.63) is 84.2 Å². The summed E-state index contributed by atoms with van der Waals surface area (Å²) in [6.07, 6.45) is 3.36. The molecule has 6 nitrogen and oxygen atoms in total. The molecule has 0 saturated carbocycles. The highest BCUT2D eigenvalue weighted by Gasteiger charge is 2.19. The van der Waals surface area contributed by atoms with Gasteiger partial charge in [0, 0.05) is 49.9 Å². The molecule has 148 valence electrons. The Morgan fingerprint density at radius 2 is 1.62 bits per heavy atom. The van der Waals surface area contributed by atoms with Crippen LogP contribution in [0, 0.1) is 5.82 Å². The number of hydrogen-bond donors (Lipinski definition) is 1. The van der Waals surface area contributed by atoms with Crippen LogP contribution in [0.4, 0.5) is 15.8 Å². The lowest BCUT2D eigenvalue weighted by Crippen LogP contribution is -2.46. The molecule has 1 saturated heterocycles.